The molecule has 4 nitrogen and oxygen atoms in total. The van der Waals surface area contributed by atoms with Crippen LogP contribution in [0.1, 0.15) is 18.9 Å². The van der Waals surface area contributed by atoms with Crippen molar-refractivity contribution in [1.29, 1.82) is 0 Å². The van der Waals surface area contributed by atoms with Crippen LogP contribution < -0.4 is 5.32 Å². The number of hydrogen-bond donors (Lipinski definition) is 1. The van der Waals surface area contributed by atoms with E-state index in [1.807, 2.05) is 12.1 Å². The van der Waals surface area contributed by atoms with Crippen LogP contribution in [0.3, 0.4) is 0 Å². The Morgan fingerprint density at radius 1 is 1.47 bits per heavy atom. The predicted molar refractivity (Wildman–Crippen MR) is 82.5 cm³/mol. The van der Waals surface area contributed by atoms with Gasteiger partial charge in [0.2, 0.25) is 11.0 Å². The van der Waals surface area contributed by atoms with Crippen LogP contribution in [0, 0.1) is 0 Å². The smallest absolute Gasteiger partial charge is 0.225 e. The number of rotatable bonds is 5. The maximum Gasteiger partial charge on any atom is 0.225 e. The van der Waals surface area contributed by atoms with Crippen LogP contribution in [0.25, 0.3) is 0 Å². The summed E-state index contributed by atoms with van der Waals surface area (Å²) in [6, 6.07) is 8.15. The molecular formula is C12H12BrN3OS2. The van der Waals surface area contributed by atoms with Crippen molar-refractivity contribution in [1.82, 2.24) is 10.2 Å². The highest BCUT2D eigenvalue weighted by molar-refractivity contribution is 9.10. The molecule has 0 aliphatic heterocycles. The first kappa shape index (κ1) is 14.5. The van der Waals surface area contributed by atoms with Gasteiger partial charge in [0, 0.05) is 16.6 Å². The molecule has 100 valence electrons. The van der Waals surface area contributed by atoms with Gasteiger partial charge in [-0.25, -0.2) is 0 Å². The lowest BCUT2D eigenvalue weighted by molar-refractivity contribution is -0.115. The van der Waals surface area contributed by atoms with Gasteiger partial charge in [0.25, 0.3) is 0 Å². The molecule has 0 saturated heterocycles. The van der Waals surface area contributed by atoms with Gasteiger partial charge in [0.1, 0.15) is 0 Å². The zero-order valence-corrected chi connectivity index (χ0v) is 13.4. The van der Waals surface area contributed by atoms with Gasteiger partial charge in [-0.3, -0.25) is 4.79 Å². The van der Waals surface area contributed by atoms with E-state index in [1.165, 1.54) is 16.9 Å². The van der Waals surface area contributed by atoms with E-state index in [-0.39, 0.29) is 5.91 Å². The number of amides is 1. The maximum atomic E-state index is 11.2. The molecule has 1 N–H and O–H groups in total. The average molecular weight is 358 g/mol. The molecule has 1 heterocycles. The van der Waals surface area contributed by atoms with Gasteiger partial charge in [-0.2, -0.15) is 0 Å². The van der Waals surface area contributed by atoms with E-state index in [0.29, 0.717) is 11.6 Å². The molecule has 2 aromatic rings. The summed E-state index contributed by atoms with van der Waals surface area (Å²) < 4.78 is 1.92. The molecule has 0 unspecified atom stereocenters. The Hall–Kier alpha value is -0.920. The first-order valence-corrected chi connectivity index (χ1v) is 8.27. The minimum absolute atomic E-state index is 0.0420. The van der Waals surface area contributed by atoms with E-state index in [2.05, 4.69) is 43.6 Å². The molecule has 0 aliphatic rings. The highest BCUT2D eigenvalue weighted by atomic mass is 79.9. The van der Waals surface area contributed by atoms with Crippen molar-refractivity contribution in [2.24, 2.45) is 0 Å². The standard InChI is InChI=1S/C12H12BrN3OS2/c1-2-10(17)14-11-15-16-12(19-11)18-7-8-4-3-5-9(13)6-8/h3-6H,2,7H2,1H3,(H,14,15,17). The largest absolute Gasteiger partial charge is 0.301 e. The number of anilines is 1. The number of halogens is 1. The van der Waals surface area contributed by atoms with E-state index in [4.69, 9.17) is 0 Å². The predicted octanol–water partition coefficient (Wildman–Crippen LogP) is 3.94. The number of nitrogens with one attached hydrogen (secondary N) is 1. The van der Waals surface area contributed by atoms with Gasteiger partial charge in [-0.1, -0.05) is 58.1 Å². The van der Waals surface area contributed by atoms with Gasteiger partial charge in [-0.15, -0.1) is 10.2 Å². The minimum Gasteiger partial charge on any atom is -0.301 e. The molecule has 0 radical (unpaired) electrons. The third-order valence-electron chi connectivity index (χ3n) is 2.23. The van der Waals surface area contributed by atoms with E-state index >= 15 is 0 Å². The molecule has 0 atom stereocenters. The Kier molecular flexibility index (Phi) is 5.35. The van der Waals surface area contributed by atoms with Gasteiger partial charge in [0.15, 0.2) is 4.34 Å². The molecule has 2 rings (SSSR count). The van der Waals surface area contributed by atoms with Crippen molar-refractivity contribution >= 4 is 50.1 Å². The molecule has 0 fully saturated rings. The molecule has 1 aromatic heterocycles. The van der Waals surface area contributed by atoms with Crippen molar-refractivity contribution in [3.63, 3.8) is 0 Å². The monoisotopic (exact) mass is 357 g/mol. The third-order valence-corrected chi connectivity index (χ3v) is 4.76. The van der Waals surface area contributed by atoms with Crippen LogP contribution in [0.15, 0.2) is 33.1 Å². The molecule has 1 amide bonds. The van der Waals surface area contributed by atoms with Gasteiger partial charge < -0.3 is 5.32 Å². The van der Waals surface area contributed by atoms with Crippen LogP contribution in [-0.2, 0) is 10.5 Å². The first-order chi connectivity index (χ1) is 9.17. The summed E-state index contributed by atoms with van der Waals surface area (Å²) in [5.74, 6) is 0.787. The van der Waals surface area contributed by atoms with Gasteiger partial charge in [0.05, 0.1) is 0 Å². The SMILES string of the molecule is CCC(=O)Nc1nnc(SCc2cccc(Br)c2)s1. The fourth-order valence-corrected chi connectivity index (χ4v) is 3.46. The number of nitrogens with zero attached hydrogens (tertiary/aromatic N) is 2. The third kappa shape index (κ3) is 4.59. The van der Waals surface area contributed by atoms with Crippen LogP contribution in [-0.4, -0.2) is 16.1 Å². The number of thioether (sulfide) groups is 1. The Labute approximate surface area is 128 Å². The number of carbonyl (C=O) groups is 1. The summed E-state index contributed by atoms with van der Waals surface area (Å²) in [5.41, 5.74) is 1.22. The van der Waals surface area contributed by atoms with E-state index < -0.39 is 0 Å². The summed E-state index contributed by atoms with van der Waals surface area (Å²) in [6.45, 7) is 1.80. The van der Waals surface area contributed by atoms with Crippen molar-refractivity contribution in [2.75, 3.05) is 5.32 Å². The summed E-state index contributed by atoms with van der Waals surface area (Å²) in [7, 11) is 0. The van der Waals surface area contributed by atoms with Gasteiger partial charge >= 0.3 is 0 Å². The normalized spacial score (nSPS) is 10.4. The summed E-state index contributed by atoms with van der Waals surface area (Å²) in [4.78, 5) is 11.2. The number of benzene rings is 1. The molecule has 19 heavy (non-hydrogen) atoms. The summed E-state index contributed by atoms with van der Waals surface area (Å²) in [5, 5.41) is 11.2. The van der Waals surface area contributed by atoms with E-state index in [0.717, 1.165) is 14.6 Å². The van der Waals surface area contributed by atoms with Gasteiger partial charge in [-0.05, 0) is 17.7 Å². The lowest BCUT2D eigenvalue weighted by Crippen LogP contribution is -2.08. The lowest BCUT2D eigenvalue weighted by Gasteiger charge is -1.99. The maximum absolute atomic E-state index is 11.2. The molecule has 7 heteroatoms. The molecule has 0 saturated carbocycles. The Balaban J connectivity index is 1.91. The zero-order valence-electron chi connectivity index (χ0n) is 10.2. The van der Waals surface area contributed by atoms with Crippen LogP contribution >= 0.6 is 39.0 Å². The molecule has 0 bridgehead atoms. The topological polar surface area (TPSA) is 54.9 Å². The second-order valence-corrected chi connectivity index (χ2v) is 6.81. The Bertz CT molecular complexity index is 574. The lowest BCUT2D eigenvalue weighted by atomic mass is 10.2. The quantitative estimate of drug-likeness (QED) is 0.650. The Morgan fingerprint density at radius 3 is 3.05 bits per heavy atom. The van der Waals surface area contributed by atoms with Crippen molar-refractivity contribution in [3.8, 4) is 0 Å². The zero-order chi connectivity index (χ0) is 13.7. The molecule has 0 aliphatic carbocycles. The Morgan fingerprint density at radius 2 is 2.32 bits per heavy atom. The second kappa shape index (κ2) is 7.02. The number of carbonyl (C=O) groups excluding carboxylic acids is 1. The highest BCUT2D eigenvalue weighted by Crippen LogP contribution is 2.28. The van der Waals surface area contributed by atoms with Crippen LogP contribution in [0.4, 0.5) is 5.13 Å². The highest BCUT2D eigenvalue weighted by Gasteiger charge is 2.07. The summed E-state index contributed by atoms with van der Waals surface area (Å²) >= 11 is 6.45. The summed E-state index contributed by atoms with van der Waals surface area (Å²) in [6.07, 6.45) is 0.445. The van der Waals surface area contributed by atoms with Crippen molar-refractivity contribution in [3.05, 3.63) is 34.3 Å². The fourth-order valence-electron chi connectivity index (χ4n) is 1.30. The first-order valence-electron chi connectivity index (χ1n) is 5.68. The fraction of sp³-hybridized carbons (Fsp3) is 0.250. The average Bonchev–Trinajstić information content (AvgIpc) is 2.84. The van der Waals surface area contributed by atoms with Crippen LogP contribution in [0.5, 0.6) is 0 Å². The van der Waals surface area contributed by atoms with Crippen molar-refractivity contribution < 1.29 is 4.79 Å². The number of hydrogen-bond acceptors (Lipinski definition) is 5. The van der Waals surface area contributed by atoms with E-state index in [1.54, 1.807) is 18.7 Å². The van der Waals surface area contributed by atoms with E-state index in [9.17, 15) is 4.79 Å². The minimum atomic E-state index is -0.0420. The second-order valence-electron chi connectivity index (χ2n) is 3.69. The molecule has 1 aromatic carbocycles. The molecule has 0 spiro atoms. The van der Waals surface area contributed by atoms with Crippen molar-refractivity contribution in [2.45, 2.75) is 23.4 Å². The molecular weight excluding hydrogens is 346 g/mol. The number of aromatic nitrogens is 2. The van der Waals surface area contributed by atoms with Crippen LogP contribution in [0.2, 0.25) is 0 Å².